The Morgan fingerprint density at radius 3 is 2.63 bits per heavy atom. The van der Waals surface area contributed by atoms with Crippen LogP contribution in [0.15, 0.2) is 52.1 Å². The number of amides is 1. The Bertz CT molecular complexity index is 804. The molecule has 164 valence electrons. The van der Waals surface area contributed by atoms with Crippen molar-refractivity contribution >= 4 is 35.8 Å². The fourth-order valence-electron chi connectivity index (χ4n) is 3.63. The van der Waals surface area contributed by atoms with Crippen LogP contribution in [0.2, 0.25) is 0 Å². The average molecular weight is 525 g/mol. The maximum Gasteiger partial charge on any atom is 0.251 e. The van der Waals surface area contributed by atoms with Gasteiger partial charge < -0.3 is 20.4 Å². The number of nitrogens with zero attached hydrogens (tertiary/aromatic N) is 2. The minimum absolute atomic E-state index is 0. The number of carbonyl (C=O) groups excluding carboxylic acids is 1. The molecule has 1 aliphatic rings. The Morgan fingerprint density at radius 1 is 1.17 bits per heavy atom. The zero-order chi connectivity index (χ0) is 20.5. The van der Waals surface area contributed by atoms with Crippen LogP contribution in [0.5, 0.6) is 0 Å². The van der Waals surface area contributed by atoms with Crippen LogP contribution in [0.25, 0.3) is 0 Å². The number of benzene rings is 1. The van der Waals surface area contributed by atoms with Crippen molar-refractivity contribution in [3.8, 4) is 0 Å². The fourth-order valence-corrected chi connectivity index (χ4v) is 3.63. The Hall–Kier alpha value is -2.07. The molecule has 3 rings (SSSR count). The number of aliphatic imine (C=N–C) groups is 1. The highest BCUT2D eigenvalue weighted by atomic mass is 127. The molecule has 0 saturated carbocycles. The van der Waals surface area contributed by atoms with Gasteiger partial charge in [0.05, 0.1) is 12.3 Å². The number of furan rings is 1. The van der Waals surface area contributed by atoms with E-state index in [9.17, 15) is 4.79 Å². The van der Waals surface area contributed by atoms with Gasteiger partial charge in [-0.1, -0.05) is 12.1 Å². The highest BCUT2D eigenvalue weighted by molar-refractivity contribution is 14.0. The Kier molecular flexibility index (Phi) is 10.2. The summed E-state index contributed by atoms with van der Waals surface area (Å²) in [4.78, 5) is 18.8. The Morgan fingerprint density at radius 2 is 1.97 bits per heavy atom. The highest BCUT2D eigenvalue weighted by Crippen LogP contribution is 2.24. The molecule has 2 aromatic rings. The predicted molar refractivity (Wildman–Crippen MR) is 130 cm³/mol. The number of likely N-dealkylation sites (tertiary alicyclic amines) is 1. The topological polar surface area (TPSA) is 81.9 Å². The molecule has 3 N–H and O–H groups in total. The van der Waals surface area contributed by atoms with Crippen molar-refractivity contribution < 1.29 is 9.21 Å². The van der Waals surface area contributed by atoms with Crippen molar-refractivity contribution in [2.24, 2.45) is 4.99 Å². The van der Waals surface area contributed by atoms with E-state index in [-0.39, 0.29) is 35.9 Å². The van der Waals surface area contributed by atoms with Crippen molar-refractivity contribution in [1.29, 1.82) is 0 Å². The van der Waals surface area contributed by atoms with Crippen molar-refractivity contribution in [2.45, 2.75) is 32.4 Å². The molecule has 30 heavy (non-hydrogen) atoms. The number of hydrogen-bond acceptors (Lipinski definition) is 4. The zero-order valence-corrected chi connectivity index (χ0v) is 20.0. The highest BCUT2D eigenvalue weighted by Gasteiger charge is 2.25. The maximum atomic E-state index is 12.0. The van der Waals surface area contributed by atoms with Crippen molar-refractivity contribution in [2.75, 3.05) is 33.2 Å². The molecule has 8 heteroatoms. The SMILES string of the molecule is CCNC(=O)c1cccc(CNC(=NC)NCC(c2ccco2)N2CCCC2)c1.I. The smallest absolute Gasteiger partial charge is 0.251 e. The molecule has 1 unspecified atom stereocenters. The minimum Gasteiger partial charge on any atom is -0.468 e. The quantitative estimate of drug-likeness (QED) is 0.280. The molecular formula is C22H32IN5O2. The first kappa shape index (κ1) is 24.2. The van der Waals surface area contributed by atoms with Crippen LogP contribution in [-0.4, -0.2) is 50.0 Å². The van der Waals surface area contributed by atoms with Gasteiger partial charge in [0.25, 0.3) is 5.91 Å². The van der Waals surface area contributed by atoms with E-state index in [0.29, 0.717) is 25.2 Å². The van der Waals surface area contributed by atoms with Crippen LogP contribution >= 0.6 is 24.0 Å². The lowest BCUT2D eigenvalue weighted by Crippen LogP contribution is -2.42. The molecule has 7 nitrogen and oxygen atoms in total. The maximum absolute atomic E-state index is 12.0. The average Bonchev–Trinajstić information content (AvgIpc) is 3.46. The fraction of sp³-hybridized carbons (Fsp3) is 0.455. The van der Waals surface area contributed by atoms with Gasteiger partial charge in [-0.3, -0.25) is 14.7 Å². The third-order valence-corrected chi connectivity index (χ3v) is 5.13. The molecule has 0 bridgehead atoms. The van der Waals surface area contributed by atoms with Crippen LogP contribution in [0.1, 0.15) is 47.5 Å². The van der Waals surface area contributed by atoms with E-state index in [1.807, 2.05) is 43.3 Å². The second-order valence-electron chi connectivity index (χ2n) is 7.14. The molecule has 1 fully saturated rings. The van der Waals surface area contributed by atoms with Crippen LogP contribution in [-0.2, 0) is 6.54 Å². The molecular weight excluding hydrogens is 493 g/mol. The summed E-state index contributed by atoms with van der Waals surface area (Å²) in [6.45, 7) is 6.01. The van der Waals surface area contributed by atoms with Crippen LogP contribution < -0.4 is 16.0 Å². The number of rotatable bonds is 8. The lowest BCUT2D eigenvalue weighted by molar-refractivity contribution is 0.0955. The van der Waals surface area contributed by atoms with E-state index in [2.05, 4.69) is 25.8 Å². The molecule has 1 atom stereocenters. The molecule has 1 aromatic carbocycles. The summed E-state index contributed by atoms with van der Waals surface area (Å²) < 4.78 is 5.68. The van der Waals surface area contributed by atoms with E-state index in [1.165, 1.54) is 12.8 Å². The van der Waals surface area contributed by atoms with Gasteiger partial charge in [-0.05, 0) is 62.7 Å². The number of nitrogens with one attached hydrogen (secondary N) is 3. The third kappa shape index (κ3) is 6.73. The molecule has 2 heterocycles. The largest absolute Gasteiger partial charge is 0.468 e. The van der Waals surface area contributed by atoms with E-state index >= 15 is 0 Å². The Labute approximate surface area is 195 Å². The Balaban J connectivity index is 0.00000320. The lowest BCUT2D eigenvalue weighted by atomic mass is 10.1. The molecule has 0 radical (unpaired) electrons. The van der Waals surface area contributed by atoms with Gasteiger partial charge in [0.1, 0.15) is 5.76 Å². The minimum atomic E-state index is -0.0521. The van der Waals surface area contributed by atoms with Crippen LogP contribution in [0.3, 0.4) is 0 Å². The molecule has 1 aliphatic heterocycles. The summed E-state index contributed by atoms with van der Waals surface area (Å²) in [5.41, 5.74) is 1.69. The van der Waals surface area contributed by atoms with E-state index in [1.54, 1.807) is 13.3 Å². The van der Waals surface area contributed by atoms with Gasteiger partial charge in [0.15, 0.2) is 5.96 Å². The van der Waals surface area contributed by atoms with Gasteiger partial charge >= 0.3 is 0 Å². The van der Waals surface area contributed by atoms with E-state index in [4.69, 9.17) is 4.42 Å². The lowest BCUT2D eigenvalue weighted by Gasteiger charge is -2.26. The zero-order valence-electron chi connectivity index (χ0n) is 17.7. The first-order valence-electron chi connectivity index (χ1n) is 10.3. The van der Waals surface area contributed by atoms with E-state index < -0.39 is 0 Å². The summed E-state index contributed by atoms with van der Waals surface area (Å²) in [7, 11) is 1.76. The number of carbonyl (C=O) groups is 1. The normalized spacial score (nSPS) is 15.3. The van der Waals surface area contributed by atoms with Crippen LogP contribution in [0, 0.1) is 0 Å². The molecule has 1 amide bonds. The number of halogens is 1. The first-order valence-corrected chi connectivity index (χ1v) is 10.3. The third-order valence-electron chi connectivity index (χ3n) is 5.13. The van der Waals surface area contributed by atoms with Crippen molar-refractivity contribution in [1.82, 2.24) is 20.9 Å². The van der Waals surface area contributed by atoms with Crippen molar-refractivity contribution in [3.05, 3.63) is 59.5 Å². The molecule has 0 spiro atoms. The van der Waals surface area contributed by atoms with Gasteiger partial charge in [-0.25, -0.2) is 0 Å². The first-order chi connectivity index (χ1) is 14.2. The molecule has 0 aliphatic carbocycles. The number of guanidine groups is 1. The standard InChI is InChI=1S/C22H31N5O2.HI/c1-3-24-21(28)18-9-6-8-17(14-18)15-25-22(23-2)26-16-19(20-10-7-13-29-20)27-11-4-5-12-27;/h6-10,13-14,19H,3-5,11-12,15-16H2,1-2H3,(H,24,28)(H2,23,25,26);1H. The van der Waals surface area contributed by atoms with Gasteiger partial charge in [0, 0.05) is 32.2 Å². The second kappa shape index (κ2) is 12.6. The second-order valence-corrected chi connectivity index (χ2v) is 7.14. The van der Waals surface area contributed by atoms with Crippen LogP contribution in [0.4, 0.5) is 0 Å². The summed E-state index contributed by atoms with van der Waals surface area (Å²) in [6, 6.07) is 11.8. The van der Waals surface area contributed by atoms with Crippen molar-refractivity contribution in [3.63, 3.8) is 0 Å². The van der Waals surface area contributed by atoms with Gasteiger partial charge in [-0.2, -0.15) is 0 Å². The van der Waals surface area contributed by atoms with E-state index in [0.717, 1.165) is 30.4 Å². The summed E-state index contributed by atoms with van der Waals surface area (Å²) >= 11 is 0. The van der Waals surface area contributed by atoms with Gasteiger partial charge in [0.2, 0.25) is 0 Å². The number of hydrogen-bond donors (Lipinski definition) is 3. The summed E-state index contributed by atoms with van der Waals surface area (Å²) in [6.07, 6.45) is 4.19. The molecule has 1 aromatic heterocycles. The predicted octanol–water partition coefficient (Wildman–Crippen LogP) is 3.15. The monoisotopic (exact) mass is 525 g/mol. The summed E-state index contributed by atoms with van der Waals surface area (Å²) in [5, 5.41) is 9.58. The molecule has 1 saturated heterocycles. The summed E-state index contributed by atoms with van der Waals surface area (Å²) in [5.74, 6) is 1.65. The van der Waals surface area contributed by atoms with Gasteiger partial charge in [-0.15, -0.1) is 24.0 Å².